The van der Waals surface area contributed by atoms with Gasteiger partial charge in [-0.05, 0) is 66.9 Å². The Morgan fingerprint density at radius 1 is 1.00 bits per heavy atom. The van der Waals surface area contributed by atoms with E-state index in [2.05, 4.69) is 20.4 Å². The zero-order valence-electron chi connectivity index (χ0n) is 21.6. The molecule has 0 aliphatic carbocycles. The van der Waals surface area contributed by atoms with Crippen LogP contribution < -0.4 is 15.6 Å². The summed E-state index contributed by atoms with van der Waals surface area (Å²) in [5.74, 6) is -3.10. The Morgan fingerprint density at radius 3 is 2.31 bits per heavy atom. The summed E-state index contributed by atoms with van der Waals surface area (Å²) in [6.07, 6.45) is -5.26. The lowest BCUT2D eigenvalue weighted by Crippen LogP contribution is -2.35. The summed E-state index contributed by atoms with van der Waals surface area (Å²) in [7, 11) is -4.14. The predicted molar refractivity (Wildman–Crippen MR) is 145 cm³/mol. The summed E-state index contributed by atoms with van der Waals surface area (Å²) >= 11 is 0. The van der Waals surface area contributed by atoms with Gasteiger partial charge in [-0.1, -0.05) is 29.5 Å². The van der Waals surface area contributed by atoms with E-state index in [0.29, 0.717) is 16.8 Å². The Labute approximate surface area is 236 Å². The number of benzene rings is 3. The molecule has 0 saturated heterocycles. The third-order valence-corrected chi connectivity index (χ3v) is 8.26. The summed E-state index contributed by atoms with van der Waals surface area (Å²) in [5.41, 5.74) is 0.817. The van der Waals surface area contributed by atoms with E-state index in [1.54, 1.807) is 36.4 Å². The van der Waals surface area contributed by atoms with Gasteiger partial charge in [0.15, 0.2) is 15.1 Å². The molecule has 0 bridgehead atoms. The number of carboxylic acid groups (broad SMARTS) is 1. The maximum atomic E-state index is 12.9. The van der Waals surface area contributed by atoms with Crippen molar-refractivity contribution in [2.24, 2.45) is 0 Å². The summed E-state index contributed by atoms with van der Waals surface area (Å²) in [5, 5.41) is 18.3. The fourth-order valence-corrected chi connectivity index (χ4v) is 5.61. The molecule has 1 atom stereocenters. The quantitative estimate of drug-likeness (QED) is 0.262. The first-order chi connectivity index (χ1) is 19.8. The number of halogens is 3. The van der Waals surface area contributed by atoms with Crippen molar-refractivity contribution in [2.75, 3.05) is 11.1 Å². The van der Waals surface area contributed by atoms with Crippen LogP contribution in [0.4, 0.5) is 18.9 Å². The number of carbonyl (C=O) groups is 2. The predicted octanol–water partition coefficient (Wildman–Crippen LogP) is 3.44. The van der Waals surface area contributed by atoms with Gasteiger partial charge >= 0.3 is 12.3 Å². The third-order valence-electron chi connectivity index (χ3n) is 6.18. The molecule has 4 rings (SSSR count). The molecular weight excluding hydrogens is 581 g/mol. The van der Waals surface area contributed by atoms with Crippen LogP contribution in [0.3, 0.4) is 0 Å². The van der Waals surface area contributed by atoms with Gasteiger partial charge in [-0.25, -0.2) is 13.1 Å². The summed E-state index contributed by atoms with van der Waals surface area (Å²) in [6, 6.07) is 16.9. The molecule has 220 valence electrons. The molecule has 0 radical (unpaired) electrons. The van der Waals surface area contributed by atoms with Crippen molar-refractivity contribution < 1.29 is 41.0 Å². The second-order valence-electron chi connectivity index (χ2n) is 9.09. The van der Waals surface area contributed by atoms with Crippen molar-refractivity contribution in [1.29, 1.82) is 0 Å². The highest BCUT2D eigenvalue weighted by Crippen LogP contribution is 2.23. The Balaban J connectivity index is 1.34. The number of ether oxygens (including phenoxy) is 1. The second kappa shape index (κ2) is 12.4. The number of amides is 1. The van der Waals surface area contributed by atoms with Crippen LogP contribution in [0.1, 0.15) is 22.3 Å². The van der Waals surface area contributed by atoms with E-state index in [-0.39, 0.29) is 23.9 Å². The highest BCUT2D eigenvalue weighted by molar-refractivity contribution is 7.92. The van der Waals surface area contributed by atoms with Crippen molar-refractivity contribution in [1.82, 2.24) is 15.0 Å². The van der Waals surface area contributed by atoms with Crippen LogP contribution in [0.15, 0.2) is 77.6 Å². The van der Waals surface area contributed by atoms with Crippen molar-refractivity contribution in [2.45, 2.75) is 31.0 Å². The summed E-state index contributed by atoms with van der Waals surface area (Å²) < 4.78 is 67.4. The van der Waals surface area contributed by atoms with Gasteiger partial charge in [0.2, 0.25) is 0 Å². The third kappa shape index (κ3) is 7.69. The van der Waals surface area contributed by atoms with E-state index in [0.717, 1.165) is 28.9 Å². The summed E-state index contributed by atoms with van der Waals surface area (Å²) in [4.78, 5) is 36.8. The van der Waals surface area contributed by atoms with Crippen LogP contribution >= 0.6 is 0 Å². The van der Waals surface area contributed by atoms with Gasteiger partial charge in [-0.15, -0.1) is 18.3 Å². The molecule has 15 heteroatoms. The van der Waals surface area contributed by atoms with E-state index < -0.39 is 56.8 Å². The van der Waals surface area contributed by atoms with Gasteiger partial charge in [0.1, 0.15) is 11.3 Å². The van der Waals surface area contributed by atoms with Gasteiger partial charge in [0.05, 0.1) is 11.1 Å². The first-order valence-corrected chi connectivity index (χ1v) is 14.1. The van der Waals surface area contributed by atoms with Gasteiger partial charge in [0.25, 0.3) is 11.5 Å². The minimum absolute atomic E-state index is 0.0171. The molecule has 42 heavy (non-hydrogen) atoms. The number of rotatable bonds is 11. The topological polar surface area (TPSA) is 158 Å². The van der Waals surface area contributed by atoms with Crippen molar-refractivity contribution >= 4 is 38.3 Å². The molecule has 1 unspecified atom stereocenters. The molecule has 2 N–H and O–H groups in total. The van der Waals surface area contributed by atoms with Crippen molar-refractivity contribution in [3.05, 3.63) is 94.3 Å². The Morgan fingerprint density at radius 2 is 1.67 bits per heavy atom. The number of sulfone groups is 1. The number of alkyl halides is 3. The first kappa shape index (κ1) is 30.2. The van der Waals surface area contributed by atoms with E-state index in [9.17, 15) is 41.1 Å². The number of nitrogens with zero attached hydrogens (tertiary/aromatic N) is 3. The number of carboxylic acids is 1. The van der Waals surface area contributed by atoms with E-state index in [1.807, 2.05) is 0 Å². The molecule has 3 aromatic carbocycles. The Bertz CT molecular complexity index is 1760. The zero-order valence-corrected chi connectivity index (χ0v) is 22.4. The van der Waals surface area contributed by atoms with Gasteiger partial charge in [-0.3, -0.25) is 14.4 Å². The number of aliphatic carboxylic acids is 1. The maximum absolute atomic E-state index is 12.9. The molecule has 0 aliphatic rings. The van der Waals surface area contributed by atoms with Crippen molar-refractivity contribution in [3.8, 4) is 5.75 Å². The second-order valence-corrected chi connectivity index (χ2v) is 11.4. The van der Waals surface area contributed by atoms with Gasteiger partial charge < -0.3 is 15.2 Å². The van der Waals surface area contributed by atoms with Crippen LogP contribution in [0.25, 0.3) is 10.9 Å². The lowest BCUT2D eigenvalue weighted by atomic mass is 10.1. The average Bonchev–Trinajstić information content (AvgIpc) is 2.93. The minimum Gasteiger partial charge on any atom is -0.480 e. The van der Waals surface area contributed by atoms with Crippen LogP contribution in [0, 0.1) is 0 Å². The van der Waals surface area contributed by atoms with Gasteiger partial charge in [-0.2, -0.15) is 0 Å². The average molecular weight is 605 g/mol. The number of fused-ring (bicyclic) bond motifs is 1. The SMILES string of the molecule is O=C(Nc1ccc(CCS(=O)(=O)C(CCn2nnc3ccccc3c2=O)C(=O)O)cc1)c1ccc(OC(F)(F)F)cc1. The van der Waals surface area contributed by atoms with E-state index in [1.165, 1.54) is 12.1 Å². The minimum atomic E-state index is -4.85. The van der Waals surface area contributed by atoms with Crippen molar-refractivity contribution in [3.63, 3.8) is 0 Å². The molecule has 0 fully saturated rings. The number of hydrogen-bond acceptors (Lipinski definition) is 8. The van der Waals surface area contributed by atoms with Crippen LogP contribution in [-0.4, -0.2) is 57.8 Å². The zero-order chi connectivity index (χ0) is 30.5. The Hall–Kier alpha value is -4.79. The smallest absolute Gasteiger partial charge is 0.480 e. The van der Waals surface area contributed by atoms with E-state index in [4.69, 9.17) is 0 Å². The standard InChI is InChI=1S/C27H23F3N4O7S/c28-27(29,30)41-20-11-7-18(8-12-20)24(35)31-19-9-5-17(6-10-19)14-16-42(39,40)23(26(37)38)13-15-34-25(36)21-3-1-2-4-22(21)32-33-34/h1-12,23H,13-16H2,(H,31,35)(H,37,38). The molecule has 4 aromatic rings. The lowest BCUT2D eigenvalue weighted by molar-refractivity contribution is -0.274. The molecular formula is C27H23F3N4O7S. The number of aryl methyl sites for hydroxylation is 2. The normalized spacial score (nSPS) is 12.5. The maximum Gasteiger partial charge on any atom is 0.573 e. The van der Waals surface area contributed by atoms with E-state index >= 15 is 0 Å². The van der Waals surface area contributed by atoms with Crippen LogP contribution in [-0.2, 0) is 27.6 Å². The molecule has 0 spiro atoms. The monoisotopic (exact) mass is 604 g/mol. The molecule has 1 heterocycles. The largest absolute Gasteiger partial charge is 0.573 e. The number of nitrogens with one attached hydrogen (secondary N) is 1. The van der Waals surface area contributed by atoms with Crippen LogP contribution in [0.5, 0.6) is 5.75 Å². The lowest BCUT2D eigenvalue weighted by Gasteiger charge is -2.14. The highest BCUT2D eigenvalue weighted by Gasteiger charge is 2.32. The first-order valence-electron chi connectivity index (χ1n) is 12.4. The van der Waals surface area contributed by atoms with Crippen LogP contribution in [0.2, 0.25) is 0 Å². The molecule has 0 aliphatic heterocycles. The number of carbonyl (C=O) groups excluding carboxylic acids is 1. The Kier molecular flexibility index (Phi) is 8.90. The number of anilines is 1. The molecule has 11 nitrogen and oxygen atoms in total. The molecule has 1 amide bonds. The highest BCUT2D eigenvalue weighted by atomic mass is 32.2. The number of hydrogen-bond donors (Lipinski definition) is 2. The fourth-order valence-electron chi connectivity index (χ4n) is 4.03. The fraction of sp³-hybridized carbons (Fsp3) is 0.222. The summed E-state index contributed by atoms with van der Waals surface area (Å²) in [6.45, 7) is -0.265. The molecule has 1 aromatic heterocycles. The van der Waals surface area contributed by atoms with Gasteiger partial charge in [0, 0.05) is 17.8 Å². The molecule has 0 saturated carbocycles. The number of aromatic nitrogens is 3.